The summed E-state index contributed by atoms with van der Waals surface area (Å²) < 4.78 is 6.05. The van der Waals surface area contributed by atoms with Crippen LogP contribution in [0.15, 0.2) is 47.2 Å². The zero-order chi connectivity index (χ0) is 20.8. The Morgan fingerprint density at radius 1 is 1.14 bits per heavy atom. The summed E-state index contributed by atoms with van der Waals surface area (Å²) in [6, 6.07) is 12.1. The first-order chi connectivity index (χ1) is 14.0. The molecule has 0 N–H and O–H groups in total. The third-order valence-electron chi connectivity index (χ3n) is 4.94. The Balaban J connectivity index is 1.68. The minimum Gasteiger partial charge on any atom is -0.486 e. The summed E-state index contributed by atoms with van der Waals surface area (Å²) >= 11 is 3.07. The topological polar surface area (TPSA) is 42.4 Å². The van der Waals surface area contributed by atoms with Crippen molar-refractivity contribution < 1.29 is 9.53 Å². The molecule has 0 bridgehead atoms. The number of para-hydroxylation sites is 1. The summed E-state index contributed by atoms with van der Waals surface area (Å²) in [6.07, 6.45) is 0.906. The molecule has 2 aromatic heterocycles. The van der Waals surface area contributed by atoms with E-state index >= 15 is 0 Å². The molecule has 1 amide bonds. The molecule has 29 heavy (non-hydrogen) atoms. The molecule has 0 saturated carbocycles. The number of carbonyl (C=O) groups excluding carboxylic acids is 1. The molecule has 3 aromatic rings. The van der Waals surface area contributed by atoms with Gasteiger partial charge in [-0.3, -0.25) is 4.79 Å². The van der Waals surface area contributed by atoms with Crippen LogP contribution in [0.1, 0.15) is 66.0 Å². The van der Waals surface area contributed by atoms with E-state index in [9.17, 15) is 4.79 Å². The van der Waals surface area contributed by atoms with Crippen LogP contribution in [0.5, 0.6) is 5.75 Å². The number of thiophene rings is 1. The number of rotatable bonds is 9. The van der Waals surface area contributed by atoms with Crippen molar-refractivity contribution in [3.8, 4) is 5.75 Å². The molecule has 0 aliphatic carbocycles. The summed E-state index contributed by atoms with van der Waals surface area (Å²) in [4.78, 5) is 20.3. The number of benzene rings is 1. The quantitative estimate of drug-likeness (QED) is 0.399. The lowest BCUT2D eigenvalue weighted by molar-refractivity contribution is 0.0674. The van der Waals surface area contributed by atoms with Gasteiger partial charge in [0.25, 0.3) is 5.91 Å². The fraction of sp³-hybridized carbons (Fsp3) is 0.391. The molecular weight excluding hydrogens is 400 g/mol. The van der Waals surface area contributed by atoms with Crippen LogP contribution in [-0.4, -0.2) is 21.8 Å². The molecular formula is C23H28N2O2S2. The van der Waals surface area contributed by atoms with Crippen LogP contribution >= 0.6 is 22.7 Å². The number of thiazole rings is 1. The molecule has 2 heterocycles. The Morgan fingerprint density at radius 3 is 2.62 bits per heavy atom. The summed E-state index contributed by atoms with van der Waals surface area (Å²) in [7, 11) is 0. The normalized spacial score (nSPS) is 12.2. The van der Waals surface area contributed by atoms with E-state index in [-0.39, 0.29) is 11.9 Å². The van der Waals surface area contributed by atoms with Gasteiger partial charge >= 0.3 is 0 Å². The number of hydrogen-bond acceptors (Lipinski definition) is 5. The van der Waals surface area contributed by atoms with Crippen LogP contribution in [0.3, 0.4) is 0 Å². The summed E-state index contributed by atoms with van der Waals surface area (Å²) in [6.45, 7) is 9.48. The fourth-order valence-corrected chi connectivity index (χ4v) is 4.46. The second kappa shape index (κ2) is 10.0. The molecule has 0 aliphatic rings. The van der Waals surface area contributed by atoms with Crippen molar-refractivity contribution in [2.45, 2.75) is 59.2 Å². The molecule has 1 unspecified atom stereocenters. The Bertz CT molecular complexity index is 919. The lowest BCUT2D eigenvalue weighted by Crippen LogP contribution is -2.37. The largest absolute Gasteiger partial charge is 0.486 e. The maximum Gasteiger partial charge on any atom is 0.264 e. The average molecular weight is 429 g/mol. The smallest absolute Gasteiger partial charge is 0.264 e. The molecule has 0 radical (unpaired) electrons. The van der Waals surface area contributed by atoms with Gasteiger partial charge in [0.2, 0.25) is 0 Å². The first kappa shape index (κ1) is 21.5. The van der Waals surface area contributed by atoms with E-state index in [4.69, 9.17) is 9.72 Å². The van der Waals surface area contributed by atoms with E-state index in [1.807, 2.05) is 46.0 Å². The van der Waals surface area contributed by atoms with Gasteiger partial charge in [0, 0.05) is 11.4 Å². The SMILES string of the molecule is CCC(C)N(Cc1csc(COc2ccccc2C(C)C)n1)C(=O)c1cccs1. The second-order valence-corrected chi connectivity index (χ2v) is 9.27. The highest BCUT2D eigenvalue weighted by atomic mass is 32.1. The monoisotopic (exact) mass is 428 g/mol. The van der Waals surface area contributed by atoms with Crippen molar-refractivity contribution >= 4 is 28.6 Å². The number of amides is 1. The van der Waals surface area contributed by atoms with Gasteiger partial charge in [-0.2, -0.15) is 0 Å². The minimum atomic E-state index is 0.0750. The minimum absolute atomic E-state index is 0.0750. The van der Waals surface area contributed by atoms with Crippen molar-refractivity contribution in [2.24, 2.45) is 0 Å². The van der Waals surface area contributed by atoms with E-state index < -0.39 is 0 Å². The van der Waals surface area contributed by atoms with Gasteiger partial charge in [-0.15, -0.1) is 22.7 Å². The molecule has 3 rings (SSSR count). The van der Waals surface area contributed by atoms with Crippen molar-refractivity contribution in [2.75, 3.05) is 0 Å². The second-order valence-electron chi connectivity index (χ2n) is 7.38. The Morgan fingerprint density at radius 2 is 1.93 bits per heavy atom. The van der Waals surface area contributed by atoms with Gasteiger partial charge in [0.05, 0.1) is 17.1 Å². The average Bonchev–Trinajstić information content (AvgIpc) is 3.41. The Labute approximate surface area is 181 Å². The molecule has 0 saturated heterocycles. The number of hydrogen-bond donors (Lipinski definition) is 0. The molecule has 0 aliphatic heterocycles. The van der Waals surface area contributed by atoms with Gasteiger partial charge < -0.3 is 9.64 Å². The molecule has 1 aromatic carbocycles. The van der Waals surface area contributed by atoms with E-state index in [1.165, 1.54) is 16.9 Å². The lowest BCUT2D eigenvalue weighted by atomic mass is 10.0. The molecule has 154 valence electrons. The van der Waals surface area contributed by atoms with Crippen LogP contribution in [0.25, 0.3) is 0 Å². The molecule has 1 atom stereocenters. The maximum atomic E-state index is 12.9. The van der Waals surface area contributed by atoms with E-state index in [2.05, 4.69) is 33.8 Å². The fourth-order valence-electron chi connectivity index (χ4n) is 3.08. The zero-order valence-corrected chi connectivity index (χ0v) is 19.1. The van der Waals surface area contributed by atoms with E-state index in [0.29, 0.717) is 19.1 Å². The van der Waals surface area contributed by atoms with Crippen molar-refractivity contribution in [1.82, 2.24) is 9.88 Å². The van der Waals surface area contributed by atoms with Crippen molar-refractivity contribution in [1.29, 1.82) is 0 Å². The van der Waals surface area contributed by atoms with Gasteiger partial charge in [0.15, 0.2) is 0 Å². The first-order valence-electron chi connectivity index (χ1n) is 9.99. The third kappa shape index (κ3) is 5.46. The number of nitrogens with zero attached hydrogens (tertiary/aromatic N) is 2. The highest BCUT2D eigenvalue weighted by molar-refractivity contribution is 7.12. The Kier molecular flexibility index (Phi) is 7.45. The highest BCUT2D eigenvalue weighted by Gasteiger charge is 2.22. The van der Waals surface area contributed by atoms with Crippen LogP contribution < -0.4 is 4.74 Å². The van der Waals surface area contributed by atoms with Gasteiger partial charge in [-0.25, -0.2) is 4.98 Å². The lowest BCUT2D eigenvalue weighted by Gasteiger charge is -2.27. The summed E-state index contributed by atoms with van der Waals surface area (Å²) in [5.41, 5.74) is 2.12. The summed E-state index contributed by atoms with van der Waals surface area (Å²) in [5, 5.41) is 4.89. The van der Waals surface area contributed by atoms with Crippen molar-refractivity contribution in [3.63, 3.8) is 0 Å². The predicted molar refractivity (Wildman–Crippen MR) is 121 cm³/mol. The molecule has 6 heteroatoms. The van der Waals surface area contributed by atoms with Crippen LogP contribution in [0.4, 0.5) is 0 Å². The van der Waals surface area contributed by atoms with Crippen LogP contribution in [0.2, 0.25) is 0 Å². The molecule has 0 spiro atoms. The molecule has 0 fully saturated rings. The standard InChI is InChI=1S/C23H28N2O2S2/c1-5-17(4)25(23(26)21-11-8-12-28-21)13-18-15-29-22(24-18)14-27-20-10-7-6-9-19(20)16(2)3/h6-12,15-17H,5,13-14H2,1-4H3. The van der Waals surface area contributed by atoms with Gasteiger partial charge in [0.1, 0.15) is 17.4 Å². The number of aromatic nitrogens is 1. The van der Waals surface area contributed by atoms with E-state index in [0.717, 1.165) is 27.7 Å². The van der Waals surface area contributed by atoms with Crippen LogP contribution in [0, 0.1) is 0 Å². The number of carbonyl (C=O) groups is 1. The van der Waals surface area contributed by atoms with Gasteiger partial charge in [-0.1, -0.05) is 45.0 Å². The highest BCUT2D eigenvalue weighted by Crippen LogP contribution is 2.27. The first-order valence-corrected chi connectivity index (χ1v) is 11.7. The predicted octanol–water partition coefficient (Wildman–Crippen LogP) is 6.35. The van der Waals surface area contributed by atoms with Crippen molar-refractivity contribution in [3.05, 3.63) is 68.3 Å². The van der Waals surface area contributed by atoms with Crippen LogP contribution in [-0.2, 0) is 13.2 Å². The third-order valence-corrected chi connectivity index (χ3v) is 6.67. The summed E-state index contributed by atoms with van der Waals surface area (Å²) in [5.74, 6) is 1.39. The Hall–Kier alpha value is -2.18. The van der Waals surface area contributed by atoms with E-state index in [1.54, 1.807) is 11.3 Å². The maximum absolute atomic E-state index is 12.9. The zero-order valence-electron chi connectivity index (χ0n) is 17.4. The molecule has 4 nitrogen and oxygen atoms in total. The number of ether oxygens (including phenoxy) is 1. The van der Waals surface area contributed by atoms with Gasteiger partial charge in [-0.05, 0) is 42.3 Å².